The Morgan fingerprint density at radius 2 is 2.06 bits per heavy atom. The molecule has 3 rings (SSSR count). The summed E-state index contributed by atoms with van der Waals surface area (Å²) >= 11 is 0. The number of carbonyl (C=O) groups excluding carboxylic acids is 1. The Balaban J connectivity index is 1.53. The van der Waals surface area contributed by atoms with Gasteiger partial charge in [-0.05, 0) is 32.1 Å². The van der Waals surface area contributed by atoms with E-state index in [4.69, 9.17) is 9.84 Å². The number of aliphatic carboxylic acids is 1. The van der Waals surface area contributed by atoms with Crippen molar-refractivity contribution in [2.45, 2.75) is 55.9 Å². The SMILES string of the molecule is O=C(NC1CC2CCC1O2)NC1(C(=O)O)CC1. The zero-order chi connectivity index (χ0) is 12.0. The minimum absolute atomic E-state index is 0.0401. The second-order valence-electron chi connectivity index (χ2n) is 5.20. The van der Waals surface area contributed by atoms with Gasteiger partial charge in [0.1, 0.15) is 5.54 Å². The molecule has 1 aliphatic carbocycles. The summed E-state index contributed by atoms with van der Waals surface area (Å²) in [6, 6.07) is -0.343. The summed E-state index contributed by atoms with van der Waals surface area (Å²) in [6.45, 7) is 0. The predicted molar refractivity (Wildman–Crippen MR) is 57.6 cm³/mol. The molecule has 17 heavy (non-hydrogen) atoms. The van der Waals surface area contributed by atoms with E-state index in [2.05, 4.69) is 10.6 Å². The highest BCUT2D eigenvalue weighted by atomic mass is 16.5. The van der Waals surface area contributed by atoms with Crippen LogP contribution in [0, 0.1) is 0 Å². The van der Waals surface area contributed by atoms with Crippen LogP contribution in [0.2, 0.25) is 0 Å². The van der Waals surface area contributed by atoms with Gasteiger partial charge in [-0.1, -0.05) is 0 Å². The van der Waals surface area contributed by atoms with Gasteiger partial charge < -0.3 is 20.5 Å². The highest BCUT2D eigenvalue weighted by Crippen LogP contribution is 2.36. The van der Waals surface area contributed by atoms with E-state index in [0.29, 0.717) is 12.8 Å². The number of fused-ring (bicyclic) bond motifs is 2. The topological polar surface area (TPSA) is 87.7 Å². The van der Waals surface area contributed by atoms with E-state index in [9.17, 15) is 9.59 Å². The van der Waals surface area contributed by atoms with Gasteiger partial charge in [-0.3, -0.25) is 0 Å². The van der Waals surface area contributed by atoms with Crippen molar-refractivity contribution < 1.29 is 19.4 Å². The smallest absolute Gasteiger partial charge is 0.329 e. The van der Waals surface area contributed by atoms with E-state index >= 15 is 0 Å². The third-order valence-electron chi connectivity index (χ3n) is 3.93. The van der Waals surface area contributed by atoms with Crippen LogP contribution in [0.1, 0.15) is 32.1 Å². The Bertz CT molecular complexity index is 366. The third-order valence-corrected chi connectivity index (χ3v) is 3.93. The lowest BCUT2D eigenvalue weighted by molar-refractivity contribution is -0.140. The zero-order valence-corrected chi connectivity index (χ0v) is 9.44. The van der Waals surface area contributed by atoms with Crippen LogP contribution in [0.3, 0.4) is 0 Å². The average molecular weight is 240 g/mol. The maximum atomic E-state index is 11.7. The molecule has 1 saturated carbocycles. The molecular weight excluding hydrogens is 224 g/mol. The van der Waals surface area contributed by atoms with Gasteiger partial charge >= 0.3 is 12.0 Å². The molecule has 6 nitrogen and oxygen atoms in total. The number of rotatable bonds is 3. The molecule has 3 atom stereocenters. The van der Waals surface area contributed by atoms with Gasteiger partial charge in [-0.15, -0.1) is 0 Å². The van der Waals surface area contributed by atoms with Crippen molar-refractivity contribution in [3.05, 3.63) is 0 Å². The molecule has 0 aromatic rings. The van der Waals surface area contributed by atoms with Gasteiger partial charge in [0.2, 0.25) is 0 Å². The maximum Gasteiger partial charge on any atom is 0.329 e. The Labute approximate surface area is 98.7 Å². The van der Waals surface area contributed by atoms with Crippen LogP contribution in [-0.2, 0) is 9.53 Å². The first-order valence-electron chi connectivity index (χ1n) is 6.07. The first kappa shape index (κ1) is 10.8. The molecule has 94 valence electrons. The fourth-order valence-corrected chi connectivity index (χ4v) is 2.73. The number of nitrogens with one attached hydrogen (secondary N) is 2. The molecule has 2 heterocycles. The lowest BCUT2D eigenvalue weighted by Crippen LogP contribution is -2.52. The highest BCUT2D eigenvalue weighted by Gasteiger charge is 2.52. The summed E-state index contributed by atoms with van der Waals surface area (Å²) in [7, 11) is 0. The molecule has 2 amide bonds. The Morgan fingerprint density at radius 1 is 1.29 bits per heavy atom. The predicted octanol–water partition coefficient (Wildman–Crippen LogP) is 0.223. The van der Waals surface area contributed by atoms with Gasteiger partial charge in [0.25, 0.3) is 0 Å². The molecule has 0 spiro atoms. The molecule has 0 aromatic carbocycles. The van der Waals surface area contributed by atoms with Crippen molar-refractivity contribution in [3.8, 4) is 0 Å². The van der Waals surface area contributed by atoms with E-state index in [1.54, 1.807) is 0 Å². The van der Waals surface area contributed by atoms with Crippen molar-refractivity contribution in [1.29, 1.82) is 0 Å². The van der Waals surface area contributed by atoms with Crippen LogP contribution in [-0.4, -0.2) is 40.9 Å². The van der Waals surface area contributed by atoms with Crippen LogP contribution in [0.25, 0.3) is 0 Å². The summed E-state index contributed by atoms with van der Waals surface area (Å²) in [6.07, 6.45) is 4.33. The third kappa shape index (κ3) is 1.86. The van der Waals surface area contributed by atoms with Crippen molar-refractivity contribution in [2.24, 2.45) is 0 Å². The van der Waals surface area contributed by atoms with Crippen molar-refractivity contribution in [3.63, 3.8) is 0 Å². The van der Waals surface area contributed by atoms with Gasteiger partial charge in [0.05, 0.1) is 18.2 Å². The number of hydrogen-bond donors (Lipinski definition) is 3. The summed E-state index contributed by atoms with van der Waals surface area (Å²) in [5.41, 5.74) is -1.01. The van der Waals surface area contributed by atoms with E-state index < -0.39 is 11.5 Å². The van der Waals surface area contributed by atoms with Crippen molar-refractivity contribution in [2.75, 3.05) is 0 Å². The Kier molecular flexibility index (Phi) is 2.29. The lowest BCUT2D eigenvalue weighted by Gasteiger charge is -2.21. The van der Waals surface area contributed by atoms with Crippen LogP contribution in [0.4, 0.5) is 4.79 Å². The van der Waals surface area contributed by atoms with Gasteiger partial charge in [0, 0.05) is 0 Å². The average Bonchev–Trinajstić information content (AvgIpc) is 2.77. The molecular formula is C11H16N2O4. The number of carboxylic acid groups (broad SMARTS) is 1. The number of urea groups is 1. The van der Waals surface area contributed by atoms with Gasteiger partial charge in [0.15, 0.2) is 0 Å². The first-order valence-corrected chi connectivity index (χ1v) is 6.07. The van der Waals surface area contributed by atoms with Crippen LogP contribution in [0.5, 0.6) is 0 Å². The van der Waals surface area contributed by atoms with Crippen molar-refractivity contribution >= 4 is 12.0 Å². The summed E-state index contributed by atoms with van der Waals surface area (Å²) in [4.78, 5) is 22.6. The summed E-state index contributed by atoms with van der Waals surface area (Å²) in [5, 5.41) is 14.3. The highest BCUT2D eigenvalue weighted by molar-refractivity contribution is 5.89. The standard InChI is InChI=1S/C11H16N2O4/c14-9(15)11(3-4-11)13-10(16)12-7-5-6-1-2-8(7)17-6/h6-8H,1-5H2,(H,14,15)(H2,12,13,16). The van der Waals surface area contributed by atoms with Gasteiger partial charge in [-0.25, -0.2) is 9.59 Å². The fourth-order valence-electron chi connectivity index (χ4n) is 2.73. The van der Waals surface area contributed by atoms with E-state index in [1.807, 2.05) is 0 Å². The molecule has 3 N–H and O–H groups in total. The molecule has 3 unspecified atom stereocenters. The number of ether oxygens (including phenoxy) is 1. The molecule has 6 heteroatoms. The normalized spacial score (nSPS) is 36.6. The molecule has 3 aliphatic rings. The quantitative estimate of drug-likeness (QED) is 0.658. The second kappa shape index (κ2) is 3.60. The van der Waals surface area contributed by atoms with E-state index in [1.165, 1.54) is 0 Å². The minimum Gasteiger partial charge on any atom is -0.480 e. The monoisotopic (exact) mass is 240 g/mol. The lowest BCUT2D eigenvalue weighted by atomic mass is 9.96. The molecule has 0 aromatic heterocycles. The van der Waals surface area contributed by atoms with Crippen LogP contribution < -0.4 is 10.6 Å². The van der Waals surface area contributed by atoms with Crippen LogP contribution in [0.15, 0.2) is 0 Å². The van der Waals surface area contributed by atoms with E-state index in [-0.39, 0.29) is 24.3 Å². The second-order valence-corrected chi connectivity index (χ2v) is 5.20. The number of carbonyl (C=O) groups is 2. The maximum absolute atomic E-state index is 11.7. The number of amides is 2. The molecule has 2 saturated heterocycles. The van der Waals surface area contributed by atoms with Gasteiger partial charge in [-0.2, -0.15) is 0 Å². The fraction of sp³-hybridized carbons (Fsp3) is 0.818. The molecule has 2 aliphatic heterocycles. The Hall–Kier alpha value is -1.30. The number of hydrogen-bond acceptors (Lipinski definition) is 3. The minimum atomic E-state index is -1.01. The van der Waals surface area contributed by atoms with Crippen molar-refractivity contribution in [1.82, 2.24) is 10.6 Å². The van der Waals surface area contributed by atoms with Crippen LogP contribution >= 0.6 is 0 Å². The Morgan fingerprint density at radius 3 is 2.53 bits per heavy atom. The molecule has 3 fully saturated rings. The van der Waals surface area contributed by atoms with E-state index in [0.717, 1.165) is 19.3 Å². The summed E-state index contributed by atoms with van der Waals surface area (Å²) in [5.74, 6) is -0.947. The number of carboxylic acids is 1. The summed E-state index contributed by atoms with van der Waals surface area (Å²) < 4.78 is 5.62. The molecule has 0 radical (unpaired) electrons. The molecule has 2 bridgehead atoms. The first-order chi connectivity index (χ1) is 8.09. The zero-order valence-electron chi connectivity index (χ0n) is 9.44. The largest absolute Gasteiger partial charge is 0.480 e.